The molecule has 1 aliphatic rings. The van der Waals surface area contributed by atoms with Crippen LogP contribution in [0.3, 0.4) is 0 Å². The van der Waals surface area contributed by atoms with Crippen LogP contribution in [0.4, 0.5) is 10.5 Å². The largest absolute Gasteiger partial charge is 0.486 e. The smallest absolute Gasteiger partial charge is 0.437 e. The number of anilines is 1. The summed E-state index contributed by atoms with van der Waals surface area (Å²) in [6.45, 7) is 7.50. The molecule has 9 heteroatoms. The predicted molar refractivity (Wildman–Crippen MR) is 124 cm³/mol. The number of ether oxygens (including phenoxy) is 3. The first-order valence-corrected chi connectivity index (χ1v) is 10.6. The van der Waals surface area contributed by atoms with Gasteiger partial charge in [-0.25, -0.2) is 9.78 Å². The maximum Gasteiger partial charge on any atom is 0.437 e. The van der Waals surface area contributed by atoms with Gasteiger partial charge < -0.3 is 14.2 Å². The van der Waals surface area contributed by atoms with Gasteiger partial charge in [-0.3, -0.25) is 10.2 Å². The summed E-state index contributed by atoms with van der Waals surface area (Å²) in [5.74, 6) is 0.944. The molecule has 1 N–H and O–H groups in total. The highest BCUT2D eigenvalue weighted by molar-refractivity contribution is 6.04. The van der Waals surface area contributed by atoms with Crippen LogP contribution < -0.4 is 14.9 Å². The maximum atomic E-state index is 13.0. The molecule has 0 bridgehead atoms. The van der Waals surface area contributed by atoms with Gasteiger partial charge in [0.1, 0.15) is 19.0 Å². The number of rotatable bonds is 9. The van der Waals surface area contributed by atoms with E-state index in [0.717, 1.165) is 10.7 Å². The lowest BCUT2D eigenvalue weighted by Crippen LogP contribution is -2.40. The lowest BCUT2D eigenvalue weighted by molar-refractivity contribution is -0.135. The van der Waals surface area contributed by atoms with Crippen molar-refractivity contribution < 1.29 is 23.8 Å². The summed E-state index contributed by atoms with van der Waals surface area (Å²) in [6.07, 6.45) is 0.863. The molecule has 2 heterocycles. The minimum Gasteiger partial charge on any atom is -0.486 e. The number of aryl methyl sites for hydroxylation is 1. The summed E-state index contributed by atoms with van der Waals surface area (Å²) in [5, 5.41) is 0.876. The van der Waals surface area contributed by atoms with E-state index in [1.165, 1.54) is 0 Å². The molecule has 9 nitrogen and oxygen atoms in total. The van der Waals surface area contributed by atoms with Crippen LogP contribution in [0.5, 0.6) is 11.6 Å². The van der Waals surface area contributed by atoms with E-state index in [4.69, 9.17) is 14.2 Å². The van der Waals surface area contributed by atoms with Crippen molar-refractivity contribution in [3.05, 3.63) is 90.4 Å². The van der Waals surface area contributed by atoms with E-state index in [1.54, 1.807) is 67.6 Å². The molecule has 3 aromatic rings. The molecule has 4 rings (SSSR count). The molecule has 2 amide bonds. The molecule has 0 radical (unpaired) electrons. The quantitative estimate of drug-likeness (QED) is 0.475. The highest BCUT2D eigenvalue weighted by Crippen LogP contribution is 2.35. The number of benzene rings is 2. The molecule has 0 saturated carbocycles. The molecular formula is C25H24N4O5. The van der Waals surface area contributed by atoms with Crippen molar-refractivity contribution in [2.75, 3.05) is 12.0 Å². The monoisotopic (exact) mass is 460 g/mol. The van der Waals surface area contributed by atoms with Gasteiger partial charge in [-0.15, -0.1) is 5.01 Å². The third kappa shape index (κ3) is 4.83. The van der Waals surface area contributed by atoms with Crippen molar-refractivity contribution in [2.45, 2.75) is 26.1 Å². The van der Waals surface area contributed by atoms with E-state index in [2.05, 4.69) is 22.0 Å². The fourth-order valence-corrected chi connectivity index (χ4v) is 3.38. The molecule has 1 unspecified atom stereocenters. The molecule has 1 aromatic heterocycles. The van der Waals surface area contributed by atoms with Crippen LogP contribution in [-0.2, 0) is 21.7 Å². The molecule has 0 aliphatic carbocycles. The van der Waals surface area contributed by atoms with Gasteiger partial charge in [-0.05, 0) is 38.1 Å². The number of carbonyl (C=O) groups excluding carboxylic acids is 2. The van der Waals surface area contributed by atoms with Gasteiger partial charge in [0.05, 0.1) is 5.69 Å². The second kappa shape index (κ2) is 9.62. The van der Waals surface area contributed by atoms with Gasteiger partial charge >= 0.3 is 6.09 Å². The summed E-state index contributed by atoms with van der Waals surface area (Å²) in [5.41, 5.74) is 3.19. The number of carbonyl (C=O) groups is 2. The zero-order valence-corrected chi connectivity index (χ0v) is 18.9. The van der Waals surface area contributed by atoms with Gasteiger partial charge in [-0.2, -0.15) is 4.98 Å². The number of hydrogen-bond acceptors (Lipinski definition) is 8. The standard InChI is InChI=1S/C25H24N4O5/c1-4-14-32-22-15-17(2)26-21(27-22)16-33-20-12-10-18(11-13-20)25(3)23(30)29(24(31)34-25)28-19-8-6-5-7-9-19/h4-13,15,28H,1,14,16H2,2-3H3. The Morgan fingerprint density at radius 1 is 1.09 bits per heavy atom. The second-order valence-electron chi connectivity index (χ2n) is 7.70. The molecule has 1 aliphatic heterocycles. The average molecular weight is 460 g/mol. The number of amides is 2. The Kier molecular flexibility index (Phi) is 6.44. The zero-order valence-electron chi connectivity index (χ0n) is 18.9. The molecular weight excluding hydrogens is 436 g/mol. The summed E-state index contributed by atoms with van der Waals surface area (Å²) in [6, 6.07) is 17.4. The van der Waals surface area contributed by atoms with Crippen molar-refractivity contribution in [3.8, 4) is 11.6 Å². The molecule has 34 heavy (non-hydrogen) atoms. The van der Waals surface area contributed by atoms with Gasteiger partial charge in [0.2, 0.25) is 11.5 Å². The lowest BCUT2D eigenvalue weighted by atomic mass is 9.95. The first-order chi connectivity index (χ1) is 16.4. The number of aromatic nitrogens is 2. The number of cyclic esters (lactones) is 1. The summed E-state index contributed by atoms with van der Waals surface area (Å²) >= 11 is 0. The first-order valence-electron chi connectivity index (χ1n) is 10.6. The van der Waals surface area contributed by atoms with Gasteiger partial charge in [-0.1, -0.05) is 43.0 Å². The van der Waals surface area contributed by atoms with Crippen LogP contribution in [0, 0.1) is 6.92 Å². The van der Waals surface area contributed by atoms with Crippen LogP contribution in [0.25, 0.3) is 0 Å². The SMILES string of the molecule is C=CCOc1cc(C)nc(COc2ccc(C3(C)OC(=O)N(Nc4ccccc4)C3=O)cc2)n1. The van der Waals surface area contributed by atoms with Gasteiger partial charge in [0.25, 0.3) is 5.91 Å². The molecule has 1 fully saturated rings. The van der Waals surface area contributed by atoms with Gasteiger partial charge in [0.15, 0.2) is 5.82 Å². The lowest BCUT2D eigenvalue weighted by Gasteiger charge is -2.21. The molecule has 1 atom stereocenters. The summed E-state index contributed by atoms with van der Waals surface area (Å²) < 4.78 is 16.7. The number of nitrogens with zero attached hydrogens (tertiary/aromatic N) is 3. The summed E-state index contributed by atoms with van der Waals surface area (Å²) in [7, 11) is 0. The maximum absolute atomic E-state index is 13.0. The Bertz CT molecular complexity index is 1200. The Labute approximate surface area is 197 Å². The van der Waals surface area contributed by atoms with Crippen LogP contribution in [-0.4, -0.2) is 33.6 Å². The van der Waals surface area contributed by atoms with E-state index >= 15 is 0 Å². The Morgan fingerprint density at radius 3 is 2.53 bits per heavy atom. The Balaban J connectivity index is 1.43. The van der Waals surface area contributed by atoms with Crippen LogP contribution in [0.2, 0.25) is 0 Å². The molecule has 1 saturated heterocycles. The third-order valence-electron chi connectivity index (χ3n) is 5.10. The number of imide groups is 1. The van der Waals surface area contributed by atoms with Crippen LogP contribution in [0.1, 0.15) is 24.0 Å². The number of hydrazine groups is 1. The number of hydrogen-bond donors (Lipinski definition) is 1. The molecule has 2 aromatic carbocycles. The fourth-order valence-electron chi connectivity index (χ4n) is 3.38. The van der Waals surface area contributed by atoms with E-state index in [9.17, 15) is 9.59 Å². The van der Waals surface area contributed by atoms with Crippen LogP contribution >= 0.6 is 0 Å². The van der Waals surface area contributed by atoms with E-state index < -0.39 is 17.6 Å². The summed E-state index contributed by atoms with van der Waals surface area (Å²) in [4.78, 5) is 34.1. The normalized spacial score (nSPS) is 17.3. The molecule has 174 valence electrons. The third-order valence-corrected chi connectivity index (χ3v) is 5.10. The average Bonchev–Trinajstić information content (AvgIpc) is 3.06. The van der Waals surface area contributed by atoms with Crippen molar-refractivity contribution in [1.82, 2.24) is 15.0 Å². The van der Waals surface area contributed by atoms with Crippen LogP contribution in [0.15, 0.2) is 73.3 Å². The second-order valence-corrected chi connectivity index (χ2v) is 7.70. The highest BCUT2D eigenvalue weighted by Gasteiger charge is 2.52. The first kappa shape index (κ1) is 22.8. The minimum atomic E-state index is -1.46. The number of para-hydroxylation sites is 1. The zero-order chi connectivity index (χ0) is 24.1. The highest BCUT2D eigenvalue weighted by atomic mass is 16.6. The Hall–Kier alpha value is -4.40. The number of nitrogens with one attached hydrogen (secondary N) is 1. The van der Waals surface area contributed by atoms with Gasteiger partial charge in [0, 0.05) is 17.3 Å². The topological polar surface area (TPSA) is 103 Å². The van der Waals surface area contributed by atoms with Crippen molar-refractivity contribution in [1.29, 1.82) is 0 Å². The van der Waals surface area contributed by atoms with Crippen molar-refractivity contribution in [2.24, 2.45) is 0 Å². The minimum absolute atomic E-state index is 0.130. The van der Waals surface area contributed by atoms with Crippen molar-refractivity contribution >= 4 is 17.7 Å². The molecule has 0 spiro atoms. The fraction of sp³-hybridized carbons (Fsp3) is 0.200. The van der Waals surface area contributed by atoms with E-state index in [1.807, 2.05) is 13.0 Å². The Morgan fingerprint density at radius 2 is 1.82 bits per heavy atom. The van der Waals surface area contributed by atoms with E-state index in [-0.39, 0.29) is 6.61 Å². The van der Waals surface area contributed by atoms with Crippen molar-refractivity contribution in [3.63, 3.8) is 0 Å². The van der Waals surface area contributed by atoms with E-state index in [0.29, 0.717) is 35.3 Å². The predicted octanol–water partition coefficient (Wildman–Crippen LogP) is 4.15.